The average molecular weight is 274 g/mol. The van der Waals surface area contributed by atoms with Crippen molar-refractivity contribution in [1.29, 1.82) is 0 Å². The molecule has 3 N–H and O–H groups in total. The number of hydrogen-bond acceptors (Lipinski definition) is 4. The first-order valence-corrected chi connectivity index (χ1v) is 6.17. The molecule has 0 unspecified atom stereocenters. The average Bonchev–Trinajstić information content (AvgIpc) is 2.45. The lowest BCUT2D eigenvalue weighted by Crippen LogP contribution is -2.30. The molecule has 0 saturated heterocycles. The van der Waals surface area contributed by atoms with Gasteiger partial charge in [0.25, 0.3) is 5.91 Å². The van der Waals surface area contributed by atoms with Gasteiger partial charge in [-0.1, -0.05) is 11.8 Å². The molecule has 0 bridgehead atoms. The highest BCUT2D eigenvalue weighted by Crippen LogP contribution is 2.01. The number of nitrogens with one attached hydrogen (secondary N) is 1. The molecule has 0 aromatic carbocycles. The summed E-state index contributed by atoms with van der Waals surface area (Å²) >= 11 is 0. The Morgan fingerprint density at radius 3 is 2.80 bits per heavy atom. The number of nitrogens with two attached hydrogens (primary N) is 1. The van der Waals surface area contributed by atoms with Crippen LogP contribution in [-0.2, 0) is 4.79 Å². The number of carbonyl (C=O) groups is 2. The second-order valence-electron chi connectivity index (χ2n) is 4.26. The van der Waals surface area contributed by atoms with E-state index in [4.69, 9.17) is 5.73 Å². The first-order valence-electron chi connectivity index (χ1n) is 6.17. The molecule has 0 saturated carbocycles. The summed E-state index contributed by atoms with van der Waals surface area (Å²) < 4.78 is 0. The van der Waals surface area contributed by atoms with Gasteiger partial charge in [-0.15, -0.1) is 0 Å². The van der Waals surface area contributed by atoms with Crippen LogP contribution in [0.2, 0.25) is 0 Å². The van der Waals surface area contributed by atoms with E-state index in [0.29, 0.717) is 11.1 Å². The summed E-state index contributed by atoms with van der Waals surface area (Å²) in [6.45, 7) is 0.539. The molecular formula is C14H18N4O2. The molecule has 20 heavy (non-hydrogen) atoms. The van der Waals surface area contributed by atoms with Gasteiger partial charge >= 0.3 is 0 Å². The molecule has 1 aromatic heterocycles. The molecule has 0 aliphatic rings. The van der Waals surface area contributed by atoms with Crippen molar-refractivity contribution < 1.29 is 9.59 Å². The fourth-order valence-electron chi connectivity index (χ4n) is 1.39. The number of nitrogens with zero attached hydrogens (tertiary/aromatic N) is 2. The summed E-state index contributed by atoms with van der Waals surface area (Å²) in [5, 5.41) is 2.67. The molecule has 6 nitrogen and oxygen atoms in total. The zero-order chi connectivity index (χ0) is 15.0. The molecule has 0 atom stereocenters. The summed E-state index contributed by atoms with van der Waals surface area (Å²) in [6.07, 6.45) is 3.28. The van der Waals surface area contributed by atoms with Gasteiger partial charge in [-0.3, -0.25) is 14.6 Å². The summed E-state index contributed by atoms with van der Waals surface area (Å²) in [6, 6.07) is 1.64. The van der Waals surface area contributed by atoms with Crippen molar-refractivity contribution in [1.82, 2.24) is 15.2 Å². The number of pyridine rings is 1. The number of rotatable bonds is 4. The van der Waals surface area contributed by atoms with Gasteiger partial charge in [-0.05, 0) is 6.07 Å². The fraction of sp³-hybridized carbons (Fsp3) is 0.357. The van der Waals surface area contributed by atoms with Gasteiger partial charge < -0.3 is 16.0 Å². The summed E-state index contributed by atoms with van der Waals surface area (Å²) in [4.78, 5) is 28.7. The van der Waals surface area contributed by atoms with E-state index in [9.17, 15) is 9.59 Å². The Hall–Kier alpha value is -2.39. The highest BCUT2D eigenvalue weighted by atomic mass is 16.2. The minimum atomic E-state index is -0.277. The normalized spacial score (nSPS) is 9.35. The van der Waals surface area contributed by atoms with Gasteiger partial charge in [-0.2, -0.15) is 0 Å². The van der Waals surface area contributed by atoms with Gasteiger partial charge in [0.15, 0.2) is 0 Å². The quantitative estimate of drug-likeness (QED) is 0.731. The van der Waals surface area contributed by atoms with Gasteiger partial charge in [0.1, 0.15) is 0 Å². The maximum atomic E-state index is 11.9. The lowest BCUT2D eigenvalue weighted by Gasteiger charge is -2.10. The molecule has 0 fully saturated rings. The van der Waals surface area contributed by atoms with Crippen molar-refractivity contribution in [2.45, 2.75) is 6.42 Å². The van der Waals surface area contributed by atoms with Crippen molar-refractivity contribution in [3.8, 4) is 11.8 Å². The lowest BCUT2D eigenvalue weighted by atomic mass is 10.2. The molecule has 1 aromatic rings. The Kier molecular flexibility index (Phi) is 6.20. The molecule has 2 amide bonds. The highest BCUT2D eigenvalue weighted by molar-refractivity contribution is 5.94. The minimum absolute atomic E-state index is 0.0361. The van der Waals surface area contributed by atoms with E-state index in [0.717, 1.165) is 0 Å². The third-order valence-corrected chi connectivity index (χ3v) is 2.46. The van der Waals surface area contributed by atoms with Crippen LogP contribution in [0.4, 0.5) is 0 Å². The van der Waals surface area contributed by atoms with Crippen LogP contribution in [0.3, 0.4) is 0 Å². The first kappa shape index (κ1) is 15.7. The Morgan fingerprint density at radius 2 is 2.15 bits per heavy atom. The van der Waals surface area contributed by atoms with Crippen molar-refractivity contribution in [2.24, 2.45) is 5.73 Å². The van der Waals surface area contributed by atoms with Crippen LogP contribution in [-0.4, -0.2) is 48.9 Å². The molecular weight excluding hydrogens is 256 g/mol. The summed E-state index contributed by atoms with van der Waals surface area (Å²) in [5.41, 5.74) is 6.32. The van der Waals surface area contributed by atoms with Gasteiger partial charge in [-0.25, -0.2) is 0 Å². The van der Waals surface area contributed by atoms with E-state index in [1.807, 2.05) is 0 Å². The summed E-state index contributed by atoms with van der Waals surface area (Å²) in [5.74, 6) is 5.19. The molecule has 0 radical (unpaired) electrons. The van der Waals surface area contributed by atoms with E-state index >= 15 is 0 Å². The molecule has 0 aliphatic heterocycles. The maximum Gasteiger partial charge on any atom is 0.252 e. The van der Waals surface area contributed by atoms with Crippen molar-refractivity contribution in [2.75, 3.05) is 27.2 Å². The smallest absolute Gasteiger partial charge is 0.252 e. The Labute approximate surface area is 118 Å². The van der Waals surface area contributed by atoms with Crippen LogP contribution in [0.5, 0.6) is 0 Å². The number of hydrogen-bond donors (Lipinski definition) is 2. The Morgan fingerprint density at radius 1 is 1.40 bits per heavy atom. The van der Waals surface area contributed by atoms with E-state index in [1.54, 1.807) is 26.4 Å². The van der Waals surface area contributed by atoms with E-state index in [2.05, 4.69) is 22.1 Å². The van der Waals surface area contributed by atoms with Crippen LogP contribution < -0.4 is 11.1 Å². The monoisotopic (exact) mass is 274 g/mol. The number of amides is 2. The molecule has 0 spiro atoms. The highest BCUT2D eigenvalue weighted by Gasteiger charge is 2.08. The topological polar surface area (TPSA) is 88.3 Å². The zero-order valence-electron chi connectivity index (χ0n) is 11.6. The minimum Gasteiger partial charge on any atom is -0.351 e. The Balaban J connectivity index is 2.57. The second kappa shape index (κ2) is 7.92. The third kappa shape index (κ3) is 5.08. The standard InChI is InChI=1S/C14H18N4O2/c1-18(2)13(19)5-7-17-14(20)12-8-11(4-3-6-15)9-16-10-12/h8-10H,5-7,15H2,1-2H3,(H,17,20). The van der Waals surface area contributed by atoms with Crippen LogP contribution in [0.15, 0.2) is 18.5 Å². The molecule has 6 heteroatoms. The lowest BCUT2D eigenvalue weighted by molar-refractivity contribution is -0.128. The van der Waals surface area contributed by atoms with Crippen molar-refractivity contribution >= 4 is 11.8 Å². The Bertz CT molecular complexity index is 544. The SMILES string of the molecule is CN(C)C(=O)CCNC(=O)c1cncc(C#CCN)c1. The van der Waals surface area contributed by atoms with E-state index < -0.39 is 0 Å². The molecule has 0 aliphatic carbocycles. The molecule has 1 heterocycles. The predicted octanol–water partition coefficient (Wildman–Crippen LogP) is -0.400. The molecule has 106 valence electrons. The van der Waals surface area contributed by atoms with Crippen molar-refractivity contribution in [3.05, 3.63) is 29.6 Å². The van der Waals surface area contributed by atoms with Gasteiger partial charge in [0, 0.05) is 45.0 Å². The summed E-state index contributed by atoms with van der Waals surface area (Å²) in [7, 11) is 3.35. The largest absolute Gasteiger partial charge is 0.351 e. The second-order valence-corrected chi connectivity index (χ2v) is 4.26. The predicted molar refractivity (Wildman–Crippen MR) is 75.8 cm³/mol. The number of aromatic nitrogens is 1. The van der Waals surface area contributed by atoms with Gasteiger partial charge in [0.2, 0.25) is 5.91 Å². The van der Waals surface area contributed by atoms with Crippen LogP contribution in [0.1, 0.15) is 22.3 Å². The number of carbonyl (C=O) groups excluding carboxylic acids is 2. The van der Waals surface area contributed by atoms with Crippen molar-refractivity contribution in [3.63, 3.8) is 0 Å². The molecule has 1 rings (SSSR count). The fourth-order valence-corrected chi connectivity index (χ4v) is 1.39. The van der Waals surface area contributed by atoms with E-state index in [1.165, 1.54) is 11.1 Å². The van der Waals surface area contributed by atoms with Gasteiger partial charge in [0.05, 0.1) is 12.1 Å². The van der Waals surface area contributed by atoms with Crippen LogP contribution in [0.25, 0.3) is 0 Å². The van der Waals surface area contributed by atoms with Crippen LogP contribution >= 0.6 is 0 Å². The van der Waals surface area contributed by atoms with Crippen LogP contribution in [0, 0.1) is 11.8 Å². The zero-order valence-corrected chi connectivity index (χ0v) is 11.6. The first-order chi connectivity index (χ1) is 9.54. The third-order valence-electron chi connectivity index (χ3n) is 2.46. The van der Waals surface area contributed by atoms with E-state index in [-0.39, 0.29) is 31.3 Å². The maximum absolute atomic E-state index is 11.9.